The van der Waals surface area contributed by atoms with E-state index in [0.29, 0.717) is 6.42 Å². The summed E-state index contributed by atoms with van der Waals surface area (Å²) in [5.74, 6) is -2.53. The first-order chi connectivity index (χ1) is 4.97. The van der Waals surface area contributed by atoms with E-state index in [1.165, 1.54) is 0 Å². The summed E-state index contributed by atoms with van der Waals surface area (Å²) in [6.07, 6.45) is 1.93. The van der Waals surface area contributed by atoms with Crippen molar-refractivity contribution in [2.75, 3.05) is 0 Å². The third kappa shape index (κ3) is 2.73. The number of hydrogen-bond acceptors (Lipinski definition) is 1. The lowest BCUT2D eigenvalue weighted by Crippen LogP contribution is -2.31. The van der Waals surface area contributed by atoms with Crippen molar-refractivity contribution in [3.8, 4) is 0 Å². The molecule has 1 aliphatic rings. The Bertz CT molecular complexity index is 141. The molecule has 0 spiro atoms. The molecule has 66 valence electrons. The minimum absolute atomic E-state index is 0.0219. The summed E-state index contributed by atoms with van der Waals surface area (Å²) >= 11 is 0. The Balaban J connectivity index is 2.33. The first kappa shape index (κ1) is 8.91. The molecule has 0 amide bonds. The number of halogens is 2. The van der Waals surface area contributed by atoms with Crippen LogP contribution in [0.1, 0.15) is 39.0 Å². The minimum Gasteiger partial charge on any atom is -0.325 e. The number of rotatable bonds is 4. The van der Waals surface area contributed by atoms with Gasteiger partial charge in [-0.1, -0.05) is 13.3 Å². The lowest BCUT2D eigenvalue weighted by atomic mass is 10.0. The molecule has 2 N–H and O–H groups in total. The normalized spacial score (nSPS) is 21.8. The van der Waals surface area contributed by atoms with Gasteiger partial charge in [0.25, 0.3) is 0 Å². The van der Waals surface area contributed by atoms with Gasteiger partial charge in [0.15, 0.2) is 0 Å². The van der Waals surface area contributed by atoms with Gasteiger partial charge in [0, 0.05) is 18.4 Å². The van der Waals surface area contributed by atoms with E-state index in [0.717, 1.165) is 12.8 Å². The van der Waals surface area contributed by atoms with E-state index in [1.54, 1.807) is 6.92 Å². The Morgan fingerprint density at radius 2 is 2.00 bits per heavy atom. The maximum absolute atomic E-state index is 12.9. The van der Waals surface area contributed by atoms with E-state index in [1.807, 2.05) is 0 Å². The highest BCUT2D eigenvalue weighted by Gasteiger charge is 2.46. The van der Waals surface area contributed by atoms with E-state index < -0.39 is 11.5 Å². The standard InChI is InChI=1S/C8H15F2N/c1-2-3-8(9,10)6-7(11)4-5-7/h2-6,11H2,1H3. The van der Waals surface area contributed by atoms with E-state index in [2.05, 4.69) is 0 Å². The lowest BCUT2D eigenvalue weighted by Gasteiger charge is -2.18. The molecule has 0 heterocycles. The molecule has 0 aromatic rings. The largest absolute Gasteiger partial charge is 0.325 e. The fourth-order valence-electron chi connectivity index (χ4n) is 1.31. The molecule has 1 nitrogen and oxygen atoms in total. The van der Waals surface area contributed by atoms with Crippen LogP contribution in [0.2, 0.25) is 0 Å². The van der Waals surface area contributed by atoms with E-state index in [-0.39, 0.29) is 12.8 Å². The van der Waals surface area contributed by atoms with Crippen LogP contribution >= 0.6 is 0 Å². The highest BCUT2D eigenvalue weighted by Crippen LogP contribution is 2.42. The minimum atomic E-state index is -2.53. The summed E-state index contributed by atoms with van der Waals surface area (Å²) in [5.41, 5.74) is 5.07. The monoisotopic (exact) mass is 163 g/mol. The highest BCUT2D eigenvalue weighted by atomic mass is 19.3. The first-order valence-electron chi connectivity index (χ1n) is 4.14. The summed E-state index contributed by atoms with van der Waals surface area (Å²) in [7, 11) is 0. The molecule has 1 aliphatic carbocycles. The Kier molecular flexibility index (Phi) is 2.19. The molecule has 0 atom stereocenters. The third-order valence-electron chi connectivity index (χ3n) is 2.12. The predicted molar refractivity (Wildman–Crippen MR) is 40.6 cm³/mol. The van der Waals surface area contributed by atoms with Gasteiger partial charge in [-0.3, -0.25) is 0 Å². The summed E-state index contributed by atoms with van der Waals surface area (Å²) in [5, 5.41) is 0. The molecule has 1 saturated carbocycles. The molecular weight excluding hydrogens is 148 g/mol. The smallest absolute Gasteiger partial charge is 0.249 e. The zero-order valence-corrected chi connectivity index (χ0v) is 6.87. The summed E-state index contributed by atoms with van der Waals surface area (Å²) in [6, 6.07) is 0. The summed E-state index contributed by atoms with van der Waals surface area (Å²) < 4.78 is 25.8. The van der Waals surface area contributed by atoms with Crippen LogP contribution in [0, 0.1) is 0 Å². The van der Waals surface area contributed by atoms with Crippen molar-refractivity contribution in [1.29, 1.82) is 0 Å². The van der Waals surface area contributed by atoms with Crippen LogP contribution in [0.4, 0.5) is 8.78 Å². The highest BCUT2D eigenvalue weighted by molar-refractivity contribution is 5.01. The Hall–Kier alpha value is -0.180. The molecular formula is C8H15F2N. The Morgan fingerprint density at radius 1 is 1.45 bits per heavy atom. The molecule has 11 heavy (non-hydrogen) atoms. The van der Waals surface area contributed by atoms with Crippen molar-refractivity contribution in [2.24, 2.45) is 5.73 Å². The van der Waals surface area contributed by atoms with E-state index in [9.17, 15) is 8.78 Å². The second kappa shape index (κ2) is 2.70. The van der Waals surface area contributed by atoms with Crippen molar-refractivity contribution >= 4 is 0 Å². The average Bonchev–Trinajstić information content (AvgIpc) is 2.45. The fourth-order valence-corrected chi connectivity index (χ4v) is 1.31. The lowest BCUT2D eigenvalue weighted by molar-refractivity contribution is -0.0251. The fraction of sp³-hybridized carbons (Fsp3) is 1.00. The van der Waals surface area contributed by atoms with E-state index >= 15 is 0 Å². The van der Waals surface area contributed by atoms with Crippen LogP contribution in [-0.2, 0) is 0 Å². The van der Waals surface area contributed by atoms with Gasteiger partial charge in [0.2, 0.25) is 5.92 Å². The van der Waals surface area contributed by atoms with Crippen molar-refractivity contribution in [3.63, 3.8) is 0 Å². The molecule has 0 aromatic heterocycles. The third-order valence-corrected chi connectivity index (χ3v) is 2.12. The van der Waals surface area contributed by atoms with Gasteiger partial charge < -0.3 is 5.73 Å². The van der Waals surface area contributed by atoms with Crippen LogP contribution in [0.5, 0.6) is 0 Å². The maximum Gasteiger partial charge on any atom is 0.249 e. The molecule has 1 fully saturated rings. The van der Waals surface area contributed by atoms with Crippen molar-refractivity contribution in [3.05, 3.63) is 0 Å². The summed E-state index contributed by atoms with van der Waals surface area (Å²) in [6.45, 7) is 1.77. The molecule has 0 unspecified atom stereocenters. The van der Waals surface area contributed by atoms with Crippen molar-refractivity contribution in [1.82, 2.24) is 0 Å². The quantitative estimate of drug-likeness (QED) is 0.676. The molecule has 3 heteroatoms. The van der Waals surface area contributed by atoms with Gasteiger partial charge in [0.05, 0.1) is 0 Å². The molecule has 0 aliphatic heterocycles. The SMILES string of the molecule is CCCC(F)(F)CC1(N)CC1. The van der Waals surface area contributed by atoms with Crippen LogP contribution in [-0.4, -0.2) is 11.5 Å². The van der Waals surface area contributed by atoms with Crippen LogP contribution in [0.15, 0.2) is 0 Å². The molecule has 0 aromatic carbocycles. The predicted octanol–water partition coefficient (Wildman–Crippen LogP) is 2.30. The van der Waals surface area contributed by atoms with Crippen LogP contribution in [0.25, 0.3) is 0 Å². The van der Waals surface area contributed by atoms with Crippen LogP contribution < -0.4 is 5.73 Å². The summed E-state index contributed by atoms with van der Waals surface area (Å²) in [4.78, 5) is 0. The van der Waals surface area contributed by atoms with Gasteiger partial charge in [-0.2, -0.15) is 0 Å². The van der Waals surface area contributed by atoms with Crippen molar-refractivity contribution in [2.45, 2.75) is 50.5 Å². The van der Waals surface area contributed by atoms with Gasteiger partial charge >= 0.3 is 0 Å². The van der Waals surface area contributed by atoms with Crippen LogP contribution in [0.3, 0.4) is 0 Å². The molecule has 1 rings (SSSR count). The van der Waals surface area contributed by atoms with E-state index in [4.69, 9.17) is 5.73 Å². The second-order valence-corrected chi connectivity index (χ2v) is 3.65. The molecule has 0 saturated heterocycles. The first-order valence-corrected chi connectivity index (χ1v) is 4.14. The molecule has 0 radical (unpaired) electrons. The number of alkyl halides is 2. The zero-order chi connectivity index (χ0) is 8.54. The van der Waals surface area contributed by atoms with Gasteiger partial charge in [-0.25, -0.2) is 8.78 Å². The zero-order valence-electron chi connectivity index (χ0n) is 6.87. The van der Waals surface area contributed by atoms with Gasteiger partial charge in [-0.05, 0) is 12.8 Å². The second-order valence-electron chi connectivity index (χ2n) is 3.65. The van der Waals surface area contributed by atoms with Gasteiger partial charge in [-0.15, -0.1) is 0 Å². The topological polar surface area (TPSA) is 26.0 Å². The Morgan fingerprint density at radius 3 is 2.36 bits per heavy atom. The van der Waals surface area contributed by atoms with Crippen molar-refractivity contribution < 1.29 is 8.78 Å². The average molecular weight is 163 g/mol. The van der Waals surface area contributed by atoms with Gasteiger partial charge in [0.1, 0.15) is 0 Å². The number of nitrogens with two attached hydrogens (primary N) is 1. The molecule has 0 bridgehead atoms. The maximum atomic E-state index is 12.9. The number of hydrogen-bond donors (Lipinski definition) is 1. The Labute approximate surface area is 66.0 Å².